The Morgan fingerprint density at radius 2 is 0.707 bits per heavy atom. The fraction of sp³-hybridized carbons (Fsp3) is 0.966. The lowest BCUT2D eigenvalue weighted by molar-refractivity contribution is -0.145. The maximum atomic E-state index is 11.6. The topological polar surface area (TPSA) is 130 Å². The molecule has 0 radical (unpaired) electrons. The third-order valence-corrected chi connectivity index (χ3v) is 5.44. The van der Waals surface area contributed by atoms with E-state index in [2.05, 4.69) is 6.92 Å². The molecule has 12 nitrogen and oxygen atoms in total. The molecule has 0 aliphatic rings. The molecule has 0 unspecified atom stereocenters. The highest BCUT2D eigenvalue weighted by molar-refractivity contribution is 5.69. The molecule has 0 aliphatic carbocycles. The molecular formula is C29H58O12. The number of carbonyl (C=O) groups excluding carboxylic acids is 1. The summed E-state index contributed by atoms with van der Waals surface area (Å²) in [5.41, 5.74) is 0. The summed E-state index contributed by atoms with van der Waals surface area (Å²) in [5, 5.41) is 8.57. The molecule has 41 heavy (non-hydrogen) atoms. The summed E-state index contributed by atoms with van der Waals surface area (Å²) in [4.78, 5) is 11.6. The molecule has 12 heteroatoms. The van der Waals surface area contributed by atoms with Crippen molar-refractivity contribution in [2.45, 2.75) is 51.9 Å². The Bertz CT molecular complexity index is 498. The zero-order chi connectivity index (χ0) is 29.7. The molecule has 0 aromatic rings. The molecule has 0 saturated carbocycles. The molecule has 0 spiro atoms. The number of aliphatic hydroxyl groups excluding tert-OH is 1. The molecule has 0 atom stereocenters. The van der Waals surface area contributed by atoms with E-state index in [0.717, 1.165) is 12.8 Å². The fourth-order valence-electron chi connectivity index (χ4n) is 3.26. The second kappa shape index (κ2) is 37.1. The molecule has 1 N–H and O–H groups in total. The number of hydrogen-bond acceptors (Lipinski definition) is 12. The van der Waals surface area contributed by atoms with Gasteiger partial charge in [0.25, 0.3) is 0 Å². The van der Waals surface area contributed by atoms with Crippen LogP contribution in [-0.4, -0.2) is 143 Å². The van der Waals surface area contributed by atoms with Crippen molar-refractivity contribution in [2.75, 3.05) is 132 Å². The molecular weight excluding hydrogens is 540 g/mol. The quantitative estimate of drug-likeness (QED) is 0.0840. The zero-order valence-electron chi connectivity index (χ0n) is 25.5. The van der Waals surface area contributed by atoms with Gasteiger partial charge in [-0.2, -0.15) is 0 Å². The Kier molecular flexibility index (Phi) is 36.3. The van der Waals surface area contributed by atoms with E-state index in [1.165, 1.54) is 25.7 Å². The van der Waals surface area contributed by atoms with Gasteiger partial charge in [0.2, 0.25) is 0 Å². The Hall–Kier alpha value is -0.930. The standard InChI is InChI=1S/C29H58O12/c1-2-3-4-5-6-7-8-29(31)41-28-27-40-26-25-39-24-23-38-22-21-37-20-19-36-18-17-35-16-15-34-14-13-33-12-11-32-10-9-30/h30H,2-28H2,1H3. The zero-order valence-corrected chi connectivity index (χ0v) is 25.5. The van der Waals surface area contributed by atoms with Crippen LogP contribution in [0.1, 0.15) is 51.9 Å². The van der Waals surface area contributed by atoms with Crippen LogP contribution in [0.25, 0.3) is 0 Å². The molecule has 0 rings (SSSR count). The lowest BCUT2D eigenvalue weighted by Gasteiger charge is -2.09. The smallest absolute Gasteiger partial charge is 0.305 e. The minimum Gasteiger partial charge on any atom is -0.463 e. The summed E-state index contributed by atoms with van der Waals surface area (Å²) in [6, 6.07) is 0. The van der Waals surface area contributed by atoms with Gasteiger partial charge in [-0.3, -0.25) is 4.79 Å². The first-order chi connectivity index (χ1) is 20.3. The lowest BCUT2D eigenvalue weighted by Crippen LogP contribution is -2.15. The summed E-state index contributed by atoms with van der Waals surface area (Å²) >= 11 is 0. The number of unbranched alkanes of at least 4 members (excludes halogenated alkanes) is 5. The molecule has 0 bridgehead atoms. The molecule has 0 saturated heterocycles. The van der Waals surface area contributed by atoms with E-state index in [0.29, 0.717) is 125 Å². The van der Waals surface area contributed by atoms with E-state index in [1.54, 1.807) is 0 Å². The van der Waals surface area contributed by atoms with Crippen LogP contribution in [0.5, 0.6) is 0 Å². The van der Waals surface area contributed by atoms with Crippen molar-refractivity contribution >= 4 is 5.97 Å². The first-order valence-corrected chi connectivity index (χ1v) is 15.3. The monoisotopic (exact) mass is 598 g/mol. The van der Waals surface area contributed by atoms with Crippen LogP contribution in [0.3, 0.4) is 0 Å². The van der Waals surface area contributed by atoms with Crippen molar-refractivity contribution in [1.29, 1.82) is 0 Å². The number of rotatable bonds is 36. The number of carbonyl (C=O) groups is 1. The molecule has 0 heterocycles. The van der Waals surface area contributed by atoms with Gasteiger partial charge in [-0.15, -0.1) is 0 Å². The fourth-order valence-corrected chi connectivity index (χ4v) is 3.26. The van der Waals surface area contributed by atoms with Gasteiger partial charge in [0.05, 0.1) is 126 Å². The van der Waals surface area contributed by atoms with Crippen LogP contribution in [0.4, 0.5) is 0 Å². The maximum absolute atomic E-state index is 11.6. The van der Waals surface area contributed by atoms with Gasteiger partial charge in [0.15, 0.2) is 0 Å². The minimum absolute atomic E-state index is 0.0247. The Morgan fingerprint density at radius 3 is 1.05 bits per heavy atom. The van der Waals surface area contributed by atoms with Crippen LogP contribution < -0.4 is 0 Å². The first-order valence-electron chi connectivity index (χ1n) is 15.3. The van der Waals surface area contributed by atoms with Crippen LogP contribution in [0, 0.1) is 0 Å². The van der Waals surface area contributed by atoms with Crippen molar-refractivity contribution in [3.8, 4) is 0 Å². The van der Waals surface area contributed by atoms with Crippen LogP contribution in [0.2, 0.25) is 0 Å². The van der Waals surface area contributed by atoms with Gasteiger partial charge in [-0.1, -0.05) is 39.0 Å². The van der Waals surface area contributed by atoms with Crippen molar-refractivity contribution in [1.82, 2.24) is 0 Å². The van der Waals surface area contributed by atoms with Crippen LogP contribution in [0.15, 0.2) is 0 Å². The van der Waals surface area contributed by atoms with Crippen LogP contribution in [-0.2, 0) is 52.2 Å². The van der Waals surface area contributed by atoms with Crippen molar-refractivity contribution < 1.29 is 57.3 Å². The molecule has 0 fully saturated rings. The Morgan fingerprint density at radius 1 is 0.415 bits per heavy atom. The van der Waals surface area contributed by atoms with Crippen molar-refractivity contribution in [2.24, 2.45) is 0 Å². The van der Waals surface area contributed by atoms with Crippen molar-refractivity contribution in [3.63, 3.8) is 0 Å². The highest BCUT2D eigenvalue weighted by atomic mass is 16.6. The van der Waals surface area contributed by atoms with Crippen LogP contribution >= 0.6 is 0 Å². The van der Waals surface area contributed by atoms with E-state index < -0.39 is 0 Å². The van der Waals surface area contributed by atoms with E-state index in [9.17, 15) is 4.79 Å². The highest BCUT2D eigenvalue weighted by Gasteiger charge is 2.02. The van der Waals surface area contributed by atoms with E-state index in [1.807, 2.05) is 0 Å². The largest absolute Gasteiger partial charge is 0.463 e. The third-order valence-electron chi connectivity index (χ3n) is 5.44. The normalized spacial score (nSPS) is 11.4. The number of esters is 1. The average Bonchev–Trinajstić information content (AvgIpc) is 2.98. The Labute approximate surface area is 247 Å². The van der Waals surface area contributed by atoms with Gasteiger partial charge >= 0.3 is 5.97 Å². The van der Waals surface area contributed by atoms with E-state index in [-0.39, 0.29) is 19.2 Å². The van der Waals surface area contributed by atoms with Gasteiger partial charge in [-0.25, -0.2) is 0 Å². The number of hydrogen-bond donors (Lipinski definition) is 1. The highest BCUT2D eigenvalue weighted by Crippen LogP contribution is 2.07. The summed E-state index contributed by atoms with van der Waals surface area (Å²) in [5.74, 6) is -0.144. The predicted octanol–water partition coefficient (Wildman–Crippen LogP) is 2.42. The average molecular weight is 599 g/mol. The van der Waals surface area contributed by atoms with E-state index >= 15 is 0 Å². The molecule has 246 valence electrons. The molecule has 0 aromatic heterocycles. The first kappa shape index (κ1) is 40.1. The van der Waals surface area contributed by atoms with E-state index in [4.69, 9.17) is 52.5 Å². The molecule has 0 amide bonds. The number of ether oxygens (including phenoxy) is 10. The van der Waals surface area contributed by atoms with Gasteiger partial charge in [0, 0.05) is 6.42 Å². The SMILES string of the molecule is CCCCCCCCC(=O)OCCOCCOCCOCCOCCOCCOCCOCCOCCOCCO. The van der Waals surface area contributed by atoms with Gasteiger partial charge < -0.3 is 52.5 Å². The summed E-state index contributed by atoms with van der Waals surface area (Å²) in [7, 11) is 0. The maximum Gasteiger partial charge on any atom is 0.305 e. The second-order valence-corrected chi connectivity index (χ2v) is 8.97. The van der Waals surface area contributed by atoms with Crippen molar-refractivity contribution in [3.05, 3.63) is 0 Å². The summed E-state index contributed by atoms with van der Waals surface area (Å²) in [6.45, 7) is 11.1. The minimum atomic E-state index is -0.144. The Balaban J connectivity index is 3.09. The molecule has 0 aliphatic heterocycles. The molecule has 0 aromatic carbocycles. The second-order valence-electron chi connectivity index (χ2n) is 8.97. The predicted molar refractivity (Wildman–Crippen MR) is 153 cm³/mol. The number of aliphatic hydroxyl groups is 1. The summed E-state index contributed by atoms with van der Waals surface area (Å²) in [6.07, 6.45) is 7.43. The summed E-state index contributed by atoms with van der Waals surface area (Å²) < 4.78 is 53.6. The lowest BCUT2D eigenvalue weighted by atomic mass is 10.1. The van der Waals surface area contributed by atoms with Gasteiger partial charge in [0.1, 0.15) is 6.61 Å². The third kappa shape index (κ3) is 37.0. The van der Waals surface area contributed by atoms with Gasteiger partial charge in [-0.05, 0) is 6.42 Å².